The second kappa shape index (κ2) is 14.4. The summed E-state index contributed by atoms with van der Waals surface area (Å²) in [6.45, 7) is 5.93. The molecule has 41 heavy (non-hydrogen) atoms. The lowest BCUT2D eigenvalue weighted by Gasteiger charge is -2.45. The molecule has 0 aromatic heterocycles. The predicted molar refractivity (Wildman–Crippen MR) is 163 cm³/mol. The molecule has 9 heteroatoms. The van der Waals surface area contributed by atoms with Crippen LogP contribution in [0.4, 0.5) is 9.59 Å². The fraction of sp³-hybridized carbons (Fsp3) is 0.562. The minimum atomic E-state index is -1.30. The van der Waals surface area contributed by atoms with Crippen LogP contribution in [0.25, 0.3) is 11.1 Å². The highest BCUT2D eigenvalue weighted by atomic mass is 35.5. The summed E-state index contributed by atoms with van der Waals surface area (Å²) >= 11 is 6.85. The van der Waals surface area contributed by atoms with Gasteiger partial charge >= 0.3 is 12.1 Å². The van der Waals surface area contributed by atoms with Crippen molar-refractivity contribution in [1.29, 1.82) is 0 Å². The Morgan fingerprint density at radius 1 is 1.07 bits per heavy atom. The second-order valence-electron chi connectivity index (χ2n) is 11.5. The number of hydrogen-bond acceptors (Lipinski definition) is 4. The van der Waals surface area contributed by atoms with Crippen LogP contribution in [0.2, 0.25) is 5.02 Å². The molecule has 2 heterocycles. The van der Waals surface area contributed by atoms with E-state index in [0.29, 0.717) is 36.9 Å². The first-order valence-corrected chi connectivity index (χ1v) is 15.4. The Bertz CT molecular complexity index is 1190. The number of nitrogens with one attached hydrogen (secondary N) is 2. The zero-order valence-corrected chi connectivity index (χ0v) is 25.1. The third-order valence-corrected chi connectivity index (χ3v) is 9.17. The van der Waals surface area contributed by atoms with Gasteiger partial charge in [-0.3, -0.25) is 0 Å². The predicted octanol–water partition coefficient (Wildman–Crippen LogP) is 5.57. The fourth-order valence-corrected chi connectivity index (χ4v) is 6.88. The molecule has 2 saturated heterocycles. The fourth-order valence-electron chi connectivity index (χ4n) is 6.59. The average molecular weight is 585 g/mol. The molecule has 0 spiro atoms. The van der Waals surface area contributed by atoms with Crippen LogP contribution in [0.3, 0.4) is 0 Å². The van der Waals surface area contributed by atoms with Gasteiger partial charge in [-0.25, -0.2) is 9.59 Å². The van der Waals surface area contributed by atoms with Crippen molar-refractivity contribution in [2.75, 3.05) is 46.3 Å². The van der Waals surface area contributed by atoms with Gasteiger partial charge in [0, 0.05) is 49.2 Å². The van der Waals surface area contributed by atoms with Crippen molar-refractivity contribution in [2.45, 2.75) is 57.5 Å². The van der Waals surface area contributed by atoms with E-state index >= 15 is 0 Å². The molecule has 2 aromatic carbocycles. The maximum absolute atomic E-state index is 13.6. The first-order valence-electron chi connectivity index (χ1n) is 15.0. The standard InChI is InChI=1S/C32H45ClN4O4/c1-3-23-8-4-9-25(20-23)29-27(11-5-12-28(29)33)32(41,15-7-16-35-30(38)39)26-10-6-17-37(22-26)31(40)36-18-13-24(14-19-36)21-34-2/h4-5,8-9,11-12,20,24,26,34-35,41H,3,6-7,10,13-19,21-22H2,1-2H3,(H,38,39)/t26-,32?/m1/s1. The summed E-state index contributed by atoms with van der Waals surface area (Å²) in [7, 11) is 1.97. The molecule has 0 radical (unpaired) electrons. The maximum atomic E-state index is 13.6. The highest BCUT2D eigenvalue weighted by molar-refractivity contribution is 6.33. The van der Waals surface area contributed by atoms with Crippen molar-refractivity contribution in [2.24, 2.45) is 11.8 Å². The summed E-state index contributed by atoms with van der Waals surface area (Å²) in [6, 6.07) is 13.9. The first-order chi connectivity index (χ1) is 19.8. The van der Waals surface area contributed by atoms with Crippen molar-refractivity contribution in [3.05, 3.63) is 58.6 Å². The molecule has 2 atom stereocenters. The molecule has 0 aliphatic carbocycles. The number of aryl methyl sites for hydroxylation is 1. The van der Waals surface area contributed by atoms with Crippen molar-refractivity contribution in [1.82, 2.24) is 20.4 Å². The molecule has 0 bridgehead atoms. The lowest BCUT2D eigenvalue weighted by molar-refractivity contribution is -0.0564. The number of carbonyl (C=O) groups excluding carboxylic acids is 1. The Morgan fingerprint density at radius 3 is 2.54 bits per heavy atom. The van der Waals surface area contributed by atoms with Gasteiger partial charge in [-0.15, -0.1) is 0 Å². The Morgan fingerprint density at radius 2 is 1.83 bits per heavy atom. The van der Waals surface area contributed by atoms with Crippen molar-refractivity contribution >= 4 is 23.7 Å². The zero-order valence-electron chi connectivity index (χ0n) is 24.4. The minimum Gasteiger partial charge on any atom is -0.465 e. The Hall–Kier alpha value is -2.81. The maximum Gasteiger partial charge on any atom is 0.404 e. The number of likely N-dealkylation sites (tertiary alicyclic amines) is 2. The number of piperidine rings is 2. The number of benzene rings is 2. The van der Waals surface area contributed by atoms with Gasteiger partial charge in [0.05, 0.1) is 5.60 Å². The van der Waals surface area contributed by atoms with Gasteiger partial charge in [0.15, 0.2) is 0 Å². The molecular formula is C32H45ClN4O4. The molecule has 2 aliphatic heterocycles. The Kier molecular flexibility index (Phi) is 10.9. The van der Waals surface area contributed by atoms with Gasteiger partial charge in [0.25, 0.3) is 0 Å². The molecular weight excluding hydrogens is 540 g/mol. The van der Waals surface area contributed by atoms with E-state index in [9.17, 15) is 14.7 Å². The normalized spacial score (nSPS) is 19.6. The van der Waals surface area contributed by atoms with Crippen molar-refractivity contribution in [3.63, 3.8) is 0 Å². The number of amides is 3. The molecule has 4 rings (SSSR count). The van der Waals surface area contributed by atoms with Crippen LogP contribution in [0.1, 0.15) is 56.6 Å². The topological polar surface area (TPSA) is 105 Å². The van der Waals surface area contributed by atoms with Crippen LogP contribution >= 0.6 is 11.6 Å². The number of carboxylic acid groups (broad SMARTS) is 1. The van der Waals surface area contributed by atoms with E-state index in [0.717, 1.165) is 68.4 Å². The van der Waals surface area contributed by atoms with E-state index in [1.54, 1.807) is 0 Å². The molecule has 224 valence electrons. The monoisotopic (exact) mass is 584 g/mol. The summed E-state index contributed by atoms with van der Waals surface area (Å²) in [6.07, 6.45) is 4.14. The van der Waals surface area contributed by atoms with Crippen molar-refractivity contribution < 1.29 is 19.8 Å². The van der Waals surface area contributed by atoms with Crippen LogP contribution < -0.4 is 10.6 Å². The zero-order chi connectivity index (χ0) is 29.4. The number of hydrogen-bond donors (Lipinski definition) is 4. The highest BCUT2D eigenvalue weighted by Gasteiger charge is 2.43. The quantitative estimate of drug-likeness (QED) is 0.273. The SMILES string of the molecule is CCc1cccc(-c2c(Cl)cccc2C(O)(CCCNC(=O)O)[C@@H]2CCCN(C(=O)N3CCC(CNC)CC3)C2)c1. The van der Waals surface area contributed by atoms with Crippen molar-refractivity contribution in [3.8, 4) is 11.1 Å². The van der Waals surface area contributed by atoms with Crippen LogP contribution in [0.15, 0.2) is 42.5 Å². The summed E-state index contributed by atoms with van der Waals surface area (Å²) in [5, 5.41) is 28.0. The molecule has 1 unspecified atom stereocenters. The lowest BCUT2D eigenvalue weighted by Crippen LogP contribution is -2.53. The number of urea groups is 1. The average Bonchev–Trinajstić information content (AvgIpc) is 2.99. The van der Waals surface area contributed by atoms with E-state index in [-0.39, 0.29) is 18.5 Å². The molecule has 0 saturated carbocycles. The van der Waals surface area contributed by atoms with E-state index in [1.807, 2.05) is 47.2 Å². The summed E-state index contributed by atoms with van der Waals surface area (Å²) in [5.74, 6) is 0.369. The van der Waals surface area contributed by atoms with Gasteiger partial charge in [0.1, 0.15) is 0 Å². The molecule has 2 aliphatic rings. The summed E-state index contributed by atoms with van der Waals surface area (Å²) in [5.41, 5.74) is 2.35. The molecule has 8 nitrogen and oxygen atoms in total. The number of halogens is 1. The van der Waals surface area contributed by atoms with Crippen LogP contribution in [0.5, 0.6) is 0 Å². The van der Waals surface area contributed by atoms with Crippen LogP contribution in [-0.2, 0) is 12.0 Å². The largest absolute Gasteiger partial charge is 0.465 e. The minimum absolute atomic E-state index is 0.0504. The van der Waals surface area contributed by atoms with Crippen LogP contribution in [-0.4, -0.2) is 78.5 Å². The number of carbonyl (C=O) groups is 2. The summed E-state index contributed by atoms with van der Waals surface area (Å²) < 4.78 is 0. The van der Waals surface area contributed by atoms with E-state index in [4.69, 9.17) is 16.7 Å². The Balaban J connectivity index is 1.63. The van der Waals surface area contributed by atoms with Gasteiger partial charge < -0.3 is 30.6 Å². The molecule has 2 fully saturated rings. The Labute approximate surface area is 249 Å². The van der Waals surface area contributed by atoms with E-state index < -0.39 is 11.7 Å². The molecule has 2 aromatic rings. The second-order valence-corrected chi connectivity index (χ2v) is 11.9. The van der Waals surface area contributed by atoms with Gasteiger partial charge in [-0.05, 0) is 87.2 Å². The third kappa shape index (κ3) is 7.53. The molecule has 4 N–H and O–H groups in total. The number of aliphatic hydroxyl groups is 1. The van der Waals surface area contributed by atoms with E-state index in [1.165, 1.54) is 5.56 Å². The third-order valence-electron chi connectivity index (χ3n) is 8.86. The number of nitrogens with zero attached hydrogens (tertiary/aromatic N) is 2. The van der Waals surface area contributed by atoms with Gasteiger partial charge in [-0.2, -0.15) is 0 Å². The smallest absolute Gasteiger partial charge is 0.404 e. The van der Waals surface area contributed by atoms with E-state index in [2.05, 4.69) is 29.7 Å². The van der Waals surface area contributed by atoms with Gasteiger partial charge in [0.2, 0.25) is 0 Å². The summed E-state index contributed by atoms with van der Waals surface area (Å²) in [4.78, 5) is 28.6. The van der Waals surface area contributed by atoms with Gasteiger partial charge in [-0.1, -0.05) is 54.9 Å². The highest BCUT2D eigenvalue weighted by Crippen LogP contribution is 2.45. The molecule has 3 amide bonds. The number of rotatable bonds is 10. The lowest BCUT2D eigenvalue weighted by atomic mass is 9.72. The van der Waals surface area contributed by atoms with Crippen LogP contribution in [0, 0.1) is 11.8 Å². The first kappa shape index (κ1) is 31.1.